The van der Waals surface area contributed by atoms with Crippen molar-refractivity contribution >= 4 is 16.6 Å². The third kappa shape index (κ3) is 3.18. The summed E-state index contributed by atoms with van der Waals surface area (Å²) >= 11 is 0. The molecule has 3 nitrogen and oxygen atoms in total. The molecule has 3 heteroatoms. The highest BCUT2D eigenvalue weighted by molar-refractivity contribution is 5.81. The Labute approximate surface area is 127 Å². The van der Waals surface area contributed by atoms with E-state index in [1.54, 1.807) is 0 Å². The van der Waals surface area contributed by atoms with Crippen LogP contribution >= 0.6 is 0 Å². The Bertz CT molecular complexity index is 596. The first-order valence-corrected chi connectivity index (χ1v) is 8.12. The predicted octanol–water partition coefficient (Wildman–Crippen LogP) is 3.59. The van der Waals surface area contributed by atoms with E-state index in [0.717, 1.165) is 18.6 Å². The van der Waals surface area contributed by atoms with Gasteiger partial charge in [-0.1, -0.05) is 25.1 Å². The van der Waals surface area contributed by atoms with Gasteiger partial charge in [-0.3, -0.25) is 4.98 Å². The van der Waals surface area contributed by atoms with E-state index in [4.69, 9.17) is 0 Å². The summed E-state index contributed by atoms with van der Waals surface area (Å²) < 4.78 is 0. The van der Waals surface area contributed by atoms with E-state index in [1.165, 1.54) is 30.3 Å². The number of anilines is 1. The van der Waals surface area contributed by atoms with E-state index in [0.29, 0.717) is 12.1 Å². The Morgan fingerprint density at radius 2 is 2.19 bits per heavy atom. The van der Waals surface area contributed by atoms with Crippen molar-refractivity contribution in [3.05, 3.63) is 36.5 Å². The lowest BCUT2D eigenvalue weighted by Gasteiger charge is -2.39. The van der Waals surface area contributed by atoms with E-state index in [-0.39, 0.29) is 0 Å². The molecular formula is C18H25N3. The van der Waals surface area contributed by atoms with Crippen molar-refractivity contribution in [2.75, 3.05) is 18.0 Å². The van der Waals surface area contributed by atoms with Gasteiger partial charge in [-0.15, -0.1) is 0 Å². The first-order valence-electron chi connectivity index (χ1n) is 8.12. The minimum absolute atomic E-state index is 0.566. The van der Waals surface area contributed by atoms with Crippen LogP contribution in [0.15, 0.2) is 36.5 Å². The first kappa shape index (κ1) is 14.3. The van der Waals surface area contributed by atoms with E-state index in [2.05, 4.69) is 53.3 Å². The van der Waals surface area contributed by atoms with Crippen LogP contribution in [0.25, 0.3) is 10.9 Å². The summed E-state index contributed by atoms with van der Waals surface area (Å²) in [5.41, 5.74) is 2.34. The SMILES string of the molecule is CCCNC1CCN(c2cnc3ccccc3c2)C(C)C1. The summed E-state index contributed by atoms with van der Waals surface area (Å²) in [6, 6.07) is 11.9. The summed E-state index contributed by atoms with van der Waals surface area (Å²) in [6.45, 7) is 6.80. The largest absolute Gasteiger partial charge is 0.367 e. The van der Waals surface area contributed by atoms with Crippen molar-refractivity contribution in [3.63, 3.8) is 0 Å². The zero-order chi connectivity index (χ0) is 14.7. The summed E-state index contributed by atoms with van der Waals surface area (Å²) in [6.07, 6.45) is 5.67. The number of rotatable bonds is 4. The number of nitrogens with one attached hydrogen (secondary N) is 1. The Morgan fingerprint density at radius 1 is 1.33 bits per heavy atom. The maximum Gasteiger partial charge on any atom is 0.0703 e. The molecule has 0 amide bonds. The van der Waals surface area contributed by atoms with Crippen LogP contribution in [0.4, 0.5) is 5.69 Å². The van der Waals surface area contributed by atoms with Crippen LogP contribution in [-0.2, 0) is 0 Å². The second kappa shape index (κ2) is 6.44. The van der Waals surface area contributed by atoms with E-state index in [9.17, 15) is 0 Å². The molecule has 1 aromatic heterocycles. The van der Waals surface area contributed by atoms with E-state index in [1.807, 2.05) is 12.3 Å². The minimum Gasteiger partial charge on any atom is -0.367 e. The van der Waals surface area contributed by atoms with E-state index < -0.39 is 0 Å². The fourth-order valence-electron chi connectivity index (χ4n) is 3.31. The fraction of sp³-hybridized carbons (Fsp3) is 0.500. The lowest BCUT2D eigenvalue weighted by molar-refractivity contribution is 0.368. The highest BCUT2D eigenvalue weighted by Crippen LogP contribution is 2.26. The van der Waals surface area contributed by atoms with Crippen molar-refractivity contribution in [1.82, 2.24) is 10.3 Å². The summed E-state index contributed by atoms with van der Waals surface area (Å²) in [5.74, 6) is 0. The van der Waals surface area contributed by atoms with Gasteiger partial charge in [0.1, 0.15) is 0 Å². The molecule has 2 unspecified atom stereocenters. The van der Waals surface area contributed by atoms with Crippen molar-refractivity contribution in [2.45, 2.75) is 45.2 Å². The lowest BCUT2D eigenvalue weighted by Crippen LogP contribution is -2.47. The number of aromatic nitrogens is 1. The maximum absolute atomic E-state index is 4.60. The molecule has 0 aliphatic carbocycles. The smallest absolute Gasteiger partial charge is 0.0703 e. The number of benzene rings is 1. The monoisotopic (exact) mass is 283 g/mol. The summed E-state index contributed by atoms with van der Waals surface area (Å²) in [4.78, 5) is 7.11. The highest BCUT2D eigenvalue weighted by atomic mass is 15.2. The van der Waals surface area contributed by atoms with Crippen molar-refractivity contribution < 1.29 is 0 Å². The molecule has 1 aromatic carbocycles. The van der Waals surface area contributed by atoms with Crippen LogP contribution in [0, 0.1) is 0 Å². The molecule has 0 spiro atoms. The van der Waals surface area contributed by atoms with Gasteiger partial charge in [0.2, 0.25) is 0 Å². The molecule has 0 bridgehead atoms. The first-order chi connectivity index (χ1) is 10.3. The number of nitrogens with zero attached hydrogens (tertiary/aromatic N) is 2. The van der Waals surface area contributed by atoms with Crippen LogP contribution in [0.1, 0.15) is 33.1 Å². The molecule has 1 fully saturated rings. The molecule has 2 heterocycles. The van der Waals surface area contributed by atoms with Gasteiger partial charge in [0.15, 0.2) is 0 Å². The number of fused-ring (bicyclic) bond motifs is 1. The molecule has 0 radical (unpaired) electrons. The summed E-state index contributed by atoms with van der Waals surface area (Å²) in [5, 5.41) is 4.89. The maximum atomic E-state index is 4.60. The molecule has 1 saturated heterocycles. The third-order valence-corrected chi connectivity index (χ3v) is 4.47. The number of piperidine rings is 1. The molecule has 1 aliphatic heterocycles. The molecular weight excluding hydrogens is 258 g/mol. The number of para-hydroxylation sites is 1. The summed E-state index contributed by atoms with van der Waals surface area (Å²) in [7, 11) is 0. The van der Waals surface area contributed by atoms with Crippen molar-refractivity contribution in [1.29, 1.82) is 0 Å². The molecule has 1 N–H and O–H groups in total. The van der Waals surface area contributed by atoms with Gasteiger partial charge >= 0.3 is 0 Å². The normalized spacial score (nSPS) is 22.7. The molecule has 1 aliphatic rings. The molecule has 0 saturated carbocycles. The van der Waals surface area contributed by atoms with Crippen LogP contribution in [-0.4, -0.2) is 30.2 Å². The number of hydrogen-bond donors (Lipinski definition) is 1. The zero-order valence-electron chi connectivity index (χ0n) is 13.0. The number of pyridine rings is 1. The Morgan fingerprint density at radius 3 is 3.00 bits per heavy atom. The van der Waals surface area contributed by atoms with Crippen LogP contribution in [0.3, 0.4) is 0 Å². The van der Waals surface area contributed by atoms with Crippen LogP contribution in [0.5, 0.6) is 0 Å². The Hall–Kier alpha value is -1.61. The van der Waals surface area contributed by atoms with Gasteiger partial charge in [-0.25, -0.2) is 0 Å². The quantitative estimate of drug-likeness (QED) is 0.929. The van der Waals surface area contributed by atoms with Crippen LogP contribution < -0.4 is 10.2 Å². The average Bonchev–Trinajstić information content (AvgIpc) is 2.52. The third-order valence-electron chi connectivity index (χ3n) is 4.47. The zero-order valence-corrected chi connectivity index (χ0v) is 13.0. The van der Waals surface area contributed by atoms with Crippen LogP contribution in [0.2, 0.25) is 0 Å². The van der Waals surface area contributed by atoms with Gasteiger partial charge in [0.25, 0.3) is 0 Å². The van der Waals surface area contributed by atoms with E-state index >= 15 is 0 Å². The van der Waals surface area contributed by atoms with Gasteiger partial charge in [0, 0.05) is 24.0 Å². The topological polar surface area (TPSA) is 28.2 Å². The lowest BCUT2D eigenvalue weighted by atomic mass is 9.97. The van der Waals surface area contributed by atoms with Crippen molar-refractivity contribution in [2.24, 2.45) is 0 Å². The molecule has 2 aromatic rings. The van der Waals surface area contributed by atoms with Gasteiger partial charge in [-0.2, -0.15) is 0 Å². The Balaban J connectivity index is 1.74. The minimum atomic E-state index is 0.566. The van der Waals surface area contributed by atoms with Gasteiger partial charge in [-0.05, 0) is 44.9 Å². The molecule has 21 heavy (non-hydrogen) atoms. The second-order valence-corrected chi connectivity index (χ2v) is 6.10. The van der Waals surface area contributed by atoms with Gasteiger partial charge in [0.05, 0.1) is 17.4 Å². The Kier molecular flexibility index (Phi) is 4.39. The fourth-order valence-corrected chi connectivity index (χ4v) is 3.31. The van der Waals surface area contributed by atoms with Crippen molar-refractivity contribution in [3.8, 4) is 0 Å². The predicted molar refractivity (Wildman–Crippen MR) is 89.9 cm³/mol. The highest BCUT2D eigenvalue weighted by Gasteiger charge is 2.25. The average molecular weight is 283 g/mol. The van der Waals surface area contributed by atoms with Gasteiger partial charge < -0.3 is 10.2 Å². The molecule has 112 valence electrons. The standard InChI is InChI=1S/C18H25N3/c1-3-9-19-16-8-10-21(14(2)11-16)17-12-15-6-4-5-7-18(15)20-13-17/h4-7,12-14,16,19H,3,8-11H2,1-2H3. The molecule has 2 atom stereocenters. The number of hydrogen-bond acceptors (Lipinski definition) is 3. The molecule has 3 rings (SSSR count). The second-order valence-electron chi connectivity index (χ2n) is 6.10.